The number of nitrogens with one attached hydrogen (secondary N) is 1. The Hall–Kier alpha value is 0.0600. The standard InChI is InChI=1S/C15H20Br2N2O/c16-11-2-3-12(13(17)8-11)14(19-18)10-4-7-20-15(9-10)5-1-6-15/h2-3,8,10,14,19H,1,4-7,9,18H2. The first-order valence-corrected chi connectivity index (χ1v) is 8.77. The first kappa shape index (κ1) is 15.0. The third kappa shape index (κ3) is 2.83. The third-order valence-electron chi connectivity index (χ3n) is 4.74. The lowest BCUT2D eigenvalue weighted by Crippen LogP contribution is -2.48. The van der Waals surface area contributed by atoms with Gasteiger partial charge < -0.3 is 4.74 Å². The van der Waals surface area contributed by atoms with Gasteiger partial charge in [-0.25, -0.2) is 0 Å². The average molecular weight is 404 g/mol. The Morgan fingerprint density at radius 2 is 2.15 bits per heavy atom. The van der Waals surface area contributed by atoms with Gasteiger partial charge >= 0.3 is 0 Å². The van der Waals surface area contributed by atoms with Crippen molar-refractivity contribution in [2.75, 3.05) is 6.61 Å². The van der Waals surface area contributed by atoms with E-state index in [9.17, 15) is 0 Å². The summed E-state index contributed by atoms with van der Waals surface area (Å²) in [4.78, 5) is 0. The van der Waals surface area contributed by atoms with E-state index < -0.39 is 0 Å². The summed E-state index contributed by atoms with van der Waals surface area (Å²) in [6.45, 7) is 0.858. The topological polar surface area (TPSA) is 47.3 Å². The van der Waals surface area contributed by atoms with Crippen LogP contribution in [-0.4, -0.2) is 12.2 Å². The molecule has 1 aliphatic heterocycles. The molecule has 1 aromatic carbocycles. The van der Waals surface area contributed by atoms with Crippen LogP contribution in [0.4, 0.5) is 0 Å². The monoisotopic (exact) mass is 402 g/mol. The van der Waals surface area contributed by atoms with Crippen LogP contribution in [0.2, 0.25) is 0 Å². The van der Waals surface area contributed by atoms with Gasteiger partial charge in [-0.15, -0.1) is 0 Å². The number of hydrazine groups is 1. The molecule has 0 amide bonds. The van der Waals surface area contributed by atoms with Crippen LogP contribution in [0.15, 0.2) is 27.1 Å². The number of rotatable bonds is 3. The molecule has 5 heteroatoms. The predicted octanol–water partition coefficient (Wildman–Crippen LogP) is 4.07. The Morgan fingerprint density at radius 1 is 1.35 bits per heavy atom. The minimum Gasteiger partial charge on any atom is -0.375 e. The normalized spacial score (nSPS) is 26.2. The van der Waals surface area contributed by atoms with E-state index in [1.165, 1.54) is 24.8 Å². The Bertz CT molecular complexity index is 491. The zero-order valence-corrected chi connectivity index (χ0v) is 14.5. The molecule has 2 unspecified atom stereocenters. The maximum Gasteiger partial charge on any atom is 0.0686 e. The molecule has 0 radical (unpaired) electrons. The molecule has 2 fully saturated rings. The van der Waals surface area contributed by atoms with Gasteiger partial charge in [0.2, 0.25) is 0 Å². The quantitative estimate of drug-likeness (QED) is 0.590. The van der Waals surface area contributed by atoms with Gasteiger partial charge in [0.25, 0.3) is 0 Å². The summed E-state index contributed by atoms with van der Waals surface area (Å²) >= 11 is 7.16. The highest BCUT2D eigenvalue weighted by molar-refractivity contribution is 9.11. The fourth-order valence-corrected chi connectivity index (χ4v) is 4.80. The van der Waals surface area contributed by atoms with Crippen LogP contribution in [-0.2, 0) is 4.74 Å². The van der Waals surface area contributed by atoms with Crippen LogP contribution in [0.1, 0.15) is 43.7 Å². The van der Waals surface area contributed by atoms with E-state index in [0.717, 1.165) is 28.4 Å². The molecule has 1 aliphatic carbocycles. The van der Waals surface area contributed by atoms with Gasteiger partial charge in [-0.3, -0.25) is 11.3 Å². The fraction of sp³-hybridized carbons (Fsp3) is 0.600. The Balaban J connectivity index is 1.81. The molecule has 3 rings (SSSR count). The number of halogens is 2. The Morgan fingerprint density at radius 3 is 2.75 bits per heavy atom. The lowest BCUT2D eigenvalue weighted by molar-refractivity contribution is -0.147. The van der Waals surface area contributed by atoms with E-state index in [4.69, 9.17) is 10.6 Å². The highest BCUT2D eigenvalue weighted by Gasteiger charge is 2.44. The maximum absolute atomic E-state index is 6.02. The molecule has 0 bridgehead atoms. The van der Waals surface area contributed by atoms with Crippen molar-refractivity contribution >= 4 is 31.9 Å². The fourth-order valence-electron chi connectivity index (χ4n) is 3.50. The van der Waals surface area contributed by atoms with Gasteiger partial charge in [0, 0.05) is 15.6 Å². The second-order valence-corrected chi connectivity index (χ2v) is 7.72. The van der Waals surface area contributed by atoms with Gasteiger partial charge in [0.15, 0.2) is 0 Å². The van der Waals surface area contributed by atoms with Crippen LogP contribution < -0.4 is 11.3 Å². The lowest BCUT2D eigenvalue weighted by atomic mass is 9.70. The molecule has 1 heterocycles. The van der Waals surface area contributed by atoms with E-state index >= 15 is 0 Å². The summed E-state index contributed by atoms with van der Waals surface area (Å²) < 4.78 is 8.20. The average Bonchev–Trinajstić information content (AvgIpc) is 2.40. The van der Waals surface area contributed by atoms with Gasteiger partial charge in [-0.2, -0.15) is 0 Å². The minimum atomic E-state index is 0.153. The third-order valence-corrected chi connectivity index (χ3v) is 5.92. The summed E-state index contributed by atoms with van der Waals surface area (Å²) in [5.41, 5.74) is 4.42. The van der Waals surface area contributed by atoms with E-state index in [-0.39, 0.29) is 11.6 Å². The van der Waals surface area contributed by atoms with Crippen LogP contribution in [0.5, 0.6) is 0 Å². The van der Waals surface area contributed by atoms with Crippen molar-refractivity contribution in [1.82, 2.24) is 5.43 Å². The van der Waals surface area contributed by atoms with Crippen LogP contribution in [0.3, 0.4) is 0 Å². The second-order valence-electron chi connectivity index (χ2n) is 5.95. The molecule has 3 nitrogen and oxygen atoms in total. The van der Waals surface area contributed by atoms with Crippen molar-refractivity contribution in [2.24, 2.45) is 11.8 Å². The highest BCUT2D eigenvalue weighted by atomic mass is 79.9. The highest BCUT2D eigenvalue weighted by Crippen LogP contribution is 2.47. The van der Waals surface area contributed by atoms with Crippen LogP contribution in [0.25, 0.3) is 0 Å². The predicted molar refractivity (Wildman–Crippen MR) is 87.2 cm³/mol. The SMILES string of the molecule is NNC(c1ccc(Br)cc1Br)C1CCOC2(CCC2)C1. The Kier molecular flexibility index (Phi) is 4.53. The molecule has 1 aromatic rings. The molecule has 0 aromatic heterocycles. The number of hydrogen-bond acceptors (Lipinski definition) is 3. The smallest absolute Gasteiger partial charge is 0.0686 e. The van der Waals surface area contributed by atoms with E-state index in [0.29, 0.717) is 5.92 Å². The molecule has 1 saturated carbocycles. The van der Waals surface area contributed by atoms with Gasteiger partial charge in [-0.05, 0) is 55.7 Å². The summed E-state index contributed by atoms with van der Waals surface area (Å²) in [6.07, 6.45) is 5.91. The van der Waals surface area contributed by atoms with Crippen molar-refractivity contribution in [1.29, 1.82) is 0 Å². The van der Waals surface area contributed by atoms with Crippen molar-refractivity contribution in [3.05, 3.63) is 32.7 Å². The second kappa shape index (κ2) is 6.05. The Labute approximate surface area is 136 Å². The largest absolute Gasteiger partial charge is 0.375 e. The molecule has 20 heavy (non-hydrogen) atoms. The van der Waals surface area contributed by atoms with E-state index in [1.807, 2.05) is 0 Å². The van der Waals surface area contributed by atoms with Gasteiger partial charge in [-0.1, -0.05) is 37.9 Å². The van der Waals surface area contributed by atoms with Crippen molar-refractivity contribution in [3.8, 4) is 0 Å². The zero-order valence-electron chi connectivity index (χ0n) is 11.4. The van der Waals surface area contributed by atoms with Crippen molar-refractivity contribution in [3.63, 3.8) is 0 Å². The summed E-state index contributed by atoms with van der Waals surface area (Å²) in [5.74, 6) is 6.40. The first-order valence-electron chi connectivity index (χ1n) is 7.19. The molecule has 1 spiro atoms. The lowest BCUT2D eigenvalue weighted by Gasteiger charge is -2.48. The number of nitrogens with two attached hydrogens (primary N) is 1. The molecule has 2 atom stereocenters. The van der Waals surface area contributed by atoms with Gasteiger partial charge in [0.05, 0.1) is 11.6 Å². The molecular formula is C15H20Br2N2O. The molecule has 3 N–H and O–H groups in total. The number of hydrogen-bond donors (Lipinski definition) is 2. The molecule has 110 valence electrons. The van der Waals surface area contributed by atoms with Crippen molar-refractivity contribution < 1.29 is 4.74 Å². The minimum absolute atomic E-state index is 0.153. The molecular weight excluding hydrogens is 384 g/mol. The summed E-state index contributed by atoms with van der Waals surface area (Å²) in [7, 11) is 0. The summed E-state index contributed by atoms with van der Waals surface area (Å²) in [5, 5.41) is 0. The molecule has 1 saturated heterocycles. The zero-order chi connectivity index (χ0) is 14.2. The van der Waals surface area contributed by atoms with Crippen LogP contribution in [0, 0.1) is 5.92 Å². The number of benzene rings is 1. The van der Waals surface area contributed by atoms with E-state index in [2.05, 4.69) is 55.5 Å². The van der Waals surface area contributed by atoms with E-state index in [1.54, 1.807) is 0 Å². The van der Waals surface area contributed by atoms with Crippen LogP contribution >= 0.6 is 31.9 Å². The van der Waals surface area contributed by atoms with Gasteiger partial charge in [0.1, 0.15) is 0 Å². The maximum atomic E-state index is 6.02. The number of ether oxygens (including phenoxy) is 1. The van der Waals surface area contributed by atoms with Crippen molar-refractivity contribution in [2.45, 2.75) is 43.7 Å². The summed E-state index contributed by atoms with van der Waals surface area (Å²) in [6, 6.07) is 6.47. The molecule has 2 aliphatic rings. The first-order chi connectivity index (χ1) is 9.63.